The van der Waals surface area contributed by atoms with Gasteiger partial charge in [0.25, 0.3) is 6.71 Å². The van der Waals surface area contributed by atoms with Gasteiger partial charge in [-0.3, -0.25) is 0 Å². The van der Waals surface area contributed by atoms with Crippen LogP contribution in [0.3, 0.4) is 0 Å². The molecular formula is C82H75BN4. The Kier molecular flexibility index (Phi) is 10.4. The SMILES string of the molecule is [2H]c1c([2H])c([2H])c2c(c1[2H])c1c([2H])c([2H])c([2H])c([2H])c1n2-c1ccc2c(c1)N(c1cccc(-c3cc(C(C)(C)C)cc(C(C)(C)C)c3)c1)c1cccc3c1B2c1ccc(-n2c4ccccc4c4ccccc42)cc1N3c1cccc(-c2cc(C(C)(C)C)cc(C(C)(C)C)c2)c1. The topological polar surface area (TPSA) is 16.3 Å². The molecule has 426 valence electrons. The van der Waals surface area contributed by atoms with Gasteiger partial charge >= 0.3 is 0 Å². The molecule has 2 aliphatic heterocycles. The summed E-state index contributed by atoms with van der Waals surface area (Å²) in [6.45, 7) is 26.9. The standard InChI is InChI=1S/C82H75BN4/c1-79(2,3)56-42-54(43-57(48-56)80(4,5)6)52-24-21-26-60(46-52)86-74-36-23-37-75-78(74)83(68-40-38-62(50-76(68)86)84-70-32-17-13-28-64(70)65-29-14-18-33-71(65)84)69-41-39-63(85-72-34-19-15-30-66(72)67-31-16-20-35-73(67)85)51-77(69)87(75)61-27-22-25-53(47-61)55-44-58(81(7,8)9)49-59(45-55)82(10,11)12/h13-51H,1-12H3/i13D,14D,17D,18D,28D,29D,32D,33D. The minimum atomic E-state index is -0.483. The second-order valence-corrected chi connectivity index (χ2v) is 28.2. The number of nitrogens with zero attached hydrogens (tertiary/aromatic N) is 4. The van der Waals surface area contributed by atoms with Crippen LogP contribution in [0.2, 0.25) is 0 Å². The average molecular weight is 1140 g/mol. The first kappa shape index (κ1) is 46.0. The minimum absolute atomic E-state index is 0.0309. The van der Waals surface area contributed by atoms with E-state index in [1.54, 1.807) is 4.57 Å². The van der Waals surface area contributed by atoms with Gasteiger partial charge in [-0.05, 0) is 167 Å². The molecule has 0 atom stereocenters. The third-order valence-corrected chi connectivity index (χ3v) is 18.3. The van der Waals surface area contributed by atoms with Crippen molar-refractivity contribution >= 4 is 101 Å². The van der Waals surface area contributed by atoms with Gasteiger partial charge in [0.15, 0.2) is 0 Å². The van der Waals surface area contributed by atoms with Gasteiger partial charge in [0.05, 0.1) is 33.0 Å². The van der Waals surface area contributed by atoms with Gasteiger partial charge in [-0.25, -0.2) is 0 Å². The second kappa shape index (κ2) is 19.6. The van der Waals surface area contributed by atoms with E-state index in [1.165, 1.54) is 33.0 Å². The smallest absolute Gasteiger partial charge is 0.252 e. The van der Waals surface area contributed by atoms with Crippen molar-refractivity contribution < 1.29 is 11.0 Å². The van der Waals surface area contributed by atoms with Crippen molar-refractivity contribution in [2.45, 2.75) is 105 Å². The fraction of sp³-hybridized carbons (Fsp3) is 0.195. The van der Waals surface area contributed by atoms with Crippen molar-refractivity contribution in [3.05, 3.63) is 259 Å². The van der Waals surface area contributed by atoms with Crippen molar-refractivity contribution in [1.29, 1.82) is 0 Å². The van der Waals surface area contributed by atoms with E-state index >= 15 is 0 Å². The number of fused-ring (bicyclic) bond motifs is 10. The molecule has 0 spiro atoms. The lowest BCUT2D eigenvalue weighted by atomic mass is 9.33. The number of para-hydroxylation sites is 4. The van der Waals surface area contributed by atoms with Crippen LogP contribution in [0.15, 0.2) is 236 Å². The van der Waals surface area contributed by atoms with Gasteiger partial charge in [0, 0.05) is 67.0 Å². The molecule has 2 aromatic heterocycles. The van der Waals surface area contributed by atoms with Crippen LogP contribution in [0, 0.1) is 0 Å². The Morgan fingerprint density at radius 1 is 0.299 bits per heavy atom. The lowest BCUT2D eigenvalue weighted by Gasteiger charge is -2.44. The Hall–Kier alpha value is -9.32. The van der Waals surface area contributed by atoms with Crippen LogP contribution in [-0.4, -0.2) is 15.8 Å². The molecule has 0 saturated heterocycles. The van der Waals surface area contributed by atoms with Crippen molar-refractivity contribution in [3.63, 3.8) is 0 Å². The summed E-state index contributed by atoms with van der Waals surface area (Å²) in [5, 5.41) is 2.39. The zero-order valence-corrected chi connectivity index (χ0v) is 51.8. The highest BCUT2D eigenvalue weighted by molar-refractivity contribution is 7.00. The molecule has 0 amide bonds. The normalized spacial score (nSPS) is 14.7. The Balaban J connectivity index is 1.04. The molecule has 87 heavy (non-hydrogen) atoms. The number of hydrogen-bond donors (Lipinski definition) is 0. The van der Waals surface area contributed by atoms with Crippen molar-refractivity contribution in [2.24, 2.45) is 0 Å². The van der Waals surface area contributed by atoms with Gasteiger partial charge in [-0.1, -0.05) is 235 Å². The highest BCUT2D eigenvalue weighted by Gasteiger charge is 2.44. The van der Waals surface area contributed by atoms with Gasteiger partial charge < -0.3 is 18.9 Å². The molecule has 4 nitrogen and oxygen atoms in total. The maximum atomic E-state index is 9.58. The predicted octanol–water partition coefficient (Wildman–Crippen LogP) is 20.5. The molecule has 5 heteroatoms. The number of rotatable bonds is 6. The number of hydrogen-bond acceptors (Lipinski definition) is 2. The number of aromatic nitrogens is 2. The van der Waals surface area contributed by atoms with E-state index in [4.69, 9.17) is 5.48 Å². The molecule has 0 bridgehead atoms. The summed E-state index contributed by atoms with van der Waals surface area (Å²) in [5.41, 5.74) is 21.5. The third kappa shape index (κ3) is 8.94. The molecule has 0 fully saturated rings. The fourth-order valence-electron chi connectivity index (χ4n) is 13.6. The highest BCUT2D eigenvalue weighted by Crippen LogP contribution is 2.48. The first-order chi connectivity index (χ1) is 45.0. The highest BCUT2D eigenvalue weighted by atomic mass is 15.2. The van der Waals surface area contributed by atoms with Crippen LogP contribution in [0.5, 0.6) is 0 Å². The van der Waals surface area contributed by atoms with E-state index in [0.717, 1.165) is 89.5 Å². The number of benzene rings is 11. The molecule has 0 aliphatic carbocycles. The van der Waals surface area contributed by atoms with Gasteiger partial charge in [0.1, 0.15) is 0 Å². The Labute approximate surface area is 525 Å². The van der Waals surface area contributed by atoms with E-state index in [1.807, 2.05) is 6.07 Å². The largest absolute Gasteiger partial charge is 0.311 e. The molecule has 15 rings (SSSR count). The van der Waals surface area contributed by atoms with Crippen molar-refractivity contribution in [2.75, 3.05) is 9.80 Å². The maximum Gasteiger partial charge on any atom is 0.252 e. The average Bonchev–Trinajstić information content (AvgIpc) is 1.56. The Morgan fingerprint density at radius 2 is 0.678 bits per heavy atom. The summed E-state index contributed by atoms with van der Waals surface area (Å²) >= 11 is 0. The molecule has 11 aromatic carbocycles. The van der Waals surface area contributed by atoms with Crippen LogP contribution < -0.4 is 26.2 Å². The van der Waals surface area contributed by atoms with Crippen LogP contribution in [0.1, 0.15) is 116 Å². The summed E-state index contributed by atoms with van der Waals surface area (Å²) in [4.78, 5) is 4.79. The van der Waals surface area contributed by atoms with Crippen LogP contribution in [0.25, 0.3) is 77.2 Å². The molecular weight excluding hydrogens is 1050 g/mol. The first-order valence-corrected chi connectivity index (χ1v) is 30.5. The fourth-order valence-corrected chi connectivity index (χ4v) is 13.6. The quantitative estimate of drug-likeness (QED) is 0.154. The predicted molar refractivity (Wildman–Crippen MR) is 375 cm³/mol. The third-order valence-electron chi connectivity index (χ3n) is 18.3. The van der Waals surface area contributed by atoms with E-state index in [0.29, 0.717) is 5.69 Å². The Bertz CT molecular complexity index is 5240. The summed E-state index contributed by atoms with van der Waals surface area (Å²) in [6.07, 6.45) is 0. The van der Waals surface area contributed by atoms with E-state index < -0.39 is 24.2 Å². The zero-order chi connectivity index (χ0) is 67.0. The van der Waals surface area contributed by atoms with E-state index in [9.17, 15) is 5.48 Å². The first-order valence-electron chi connectivity index (χ1n) is 34.5. The molecule has 2 aliphatic rings. The molecule has 4 heterocycles. The lowest BCUT2D eigenvalue weighted by Crippen LogP contribution is -2.61. The van der Waals surface area contributed by atoms with Gasteiger partial charge in [0.2, 0.25) is 0 Å². The molecule has 0 radical (unpaired) electrons. The lowest BCUT2D eigenvalue weighted by molar-refractivity contribution is 0.568. The van der Waals surface area contributed by atoms with Crippen molar-refractivity contribution in [1.82, 2.24) is 9.13 Å². The van der Waals surface area contributed by atoms with Gasteiger partial charge in [-0.15, -0.1) is 0 Å². The van der Waals surface area contributed by atoms with E-state index in [-0.39, 0.29) is 74.3 Å². The van der Waals surface area contributed by atoms with Crippen LogP contribution in [-0.2, 0) is 21.7 Å². The molecule has 13 aromatic rings. The summed E-state index contributed by atoms with van der Waals surface area (Å²) in [6, 6.07) is 65.4. The van der Waals surface area contributed by atoms with Crippen molar-refractivity contribution in [3.8, 4) is 33.6 Å². The minimum Gasteiger partial charge on any atom is -0.311 e. The monoisotopic (exact) mass is 1130 g/mol. The molecule has 0 N–H and O–H groups in total. The summed E-state index contributed by atoms with van der Waals surface area (Å²) < 4.78 is 77.7. The zero-order valence-electron chi connectivity index (χ0n) is 59.8. The second-order valence-electron chi connectivity index (χ2n) is 28.2. The summed E-state index contributed by atoms with van der Waals surface area (Å²) in [5.74, 6) is 0. The number of anilines is 6. The van der Waals surface area contributed by atoms with Crippen LogP contribution >= 0.6 is 0 Å². The van der Waals surface area contributed by atoms with E-state index in [2.05, 4.69) is 279 Å². The maximum absolute atomic E-state index is 9.58. The molecule has 0 unspecified atom stereocenters. The van der Waals surface area contributed by atoms with Crippen LogP contribution in [0.4, 0.5) is 34.1 Å². The Morgan fingerprint density at radius 3 is 1.09 bits per heavy atom. The van der Waals surface area contributed by atoms with Gasteiger partial charge in [-0.2, -0.15) is 0 Å². The summed E-state index contributed by atoms with van der Waals surface area (Å²) in [7, 11) is 0. The molecule has 0 saturated carbocycles.